The van der Waals surface area contributed by atoms with Crippen molar-refractivity contribution in [1.29, 1.82) is 0 Å². The van der Waals surface area contributed by atoms with Crippen LogP contribution in [0.2, 0.25) is 0 Å². The minimum absolute atomic E-state index is 0.513. The molecule has 0 fully saturated rings. The third-order valence-corrected chi connectivity index (χ3v) is 2.08. The number of nitrogens with one attached hydrogen (secondary N) is 2. The molecule has 0 aromatic carbocycles. The van der Waals surface area contributed by atoms with E-state index >= 15 is 0 Å². The molecule has 0 aliphatic heterocycles. The number of nitrogens with two attached hydrogens (primary N) is 1. The Balaban J connectivity index is 2.67. The zero-order valence-electron chi connectivity index (χ0n) is 7.46. The number of rotatable bonds is 2. The van der Waals surface area contributed by atoms with Gasteiger partial charge < -0.3 is 16.0 Å². The molecule has 13 heavy (non-hydrogen) atoms. The number of H-pyrrole nitrogens is 1. The quantitative estimate of drug-likeness (QED) is 0.641. The number of aromatic nitrogens is 2. The maximum Gasteiger partial charge on any atom is 0.139 e. The molecular weight excluding hydrogens is 164 g/mol. The number of pyridine rings is 1. The van der Waals surface area contributed by atoms with Gasteiger partial charge in [-0.25, -0.2) is 4.98 Å². The van der Waals surface area contributed by atoms with Gasteiger partial charge in [-0.05, 0) is 12.1 Å². The van der Waals surface area contributed by atoms with Crippen molar-refractivity contribution in [3.05, 3.63) is 24.0 Å². The third-order valence-electron chi connectivity index (χ3n) is 2.08. The fourth-order valence-electron chi connectivity index (χ4n) is 1.41. The lowest BCUT2D eigenvalue weighted by atomic mass is 10.3. The molecule has 0 saturated heterocycles. The molecule has 0 amide bonds. The van der Waals surface area contributed by atoms with E-state index in [2.05, 4.69) is 15.3 Å². The van der Waals surface area contributed by atoms with E-state index in [0.29, 0.717) is 6.54 Å². The number of nitrogens with zero attached hydrogens (tertiary/aromatic N) is 1. The second-order valence-electron chi connectivity index (χ2n) is 2.87. The van der Waals surface area contributed by atoms with Gasteiger partial charge in [0.2, 0.25) is 0 Å². The number of fused-ring (bicyclic) bond motifs is 1. The van der Waals surface area contributed by atoms with Crippen molar-refractivity contribution in [3.63, 3.8) is 0 Å². The molecule has 68 valence electrons. The summed E-state index contributed by atoms with van der Waals surface area (Å²) in [5, 5.41) is 4.19. The normalized spacial score (nSPS) is 10.6. The lowest BCUT2D eigenvalue weighted by Gasteiger charge is -1.98. The van der Waals surface area contributed by atoms with E-state index in [1.807, 2.05) is 19.2 Å². The highest BCUT2D eigenvalue weighted by Gasteiger charge is 2.03. The highest BCUT2D eigenvalue weighted by Crippen LogP contribution is 2.21. The lowest BCUT2D eigenvalue weighted by molar-refractivity contribution is 1.02. The topological polar surface area (TPSA) is 66.7 Å². The summed E-state index contributed by atoms with van der Waals surface area (Å²) in [6, 6.07) is 3.96. The molecule has 0 aliphatic carbocycles. The molecule has 0 spiro atoms. The predicted octanol–water partition coefficient (Wildman–Crippen LogP) is 1.06. The average molecular weight is 176 g/mol. The molecule has 4 N–H and O–H groups in total. The molecule has 2 rings (SSSR count). The lowest BCUT2D eigenvalue weighted by Crippen LogP contribution is -1.95. The number of hydrogen-bond donors (Lipinski definition) is 3. The smallest absolute Gasteiger partial charge is 0.139 e. The van der Waals surface area contributed by atoms with Crippen molar-refractivity contribution < 1.29 is 0 Å². The molecule has 0 unspecified atom stereocenters. The summed E-state index contributed by atoms with van der Waals surface area (Å²) in [5.41, 5.74) is 8.48. The molecule has 4 nitrogen and oxygen atoms in total. The fraction of sp³-hybridized carbons (Fsp3) is 0.222. The number of hydrogen-bond acceptors (Lipinski definition) is 3. The van der Waals surface area contributed by atoms with E-state index in [9.17, 15) is 0 Å². The van der Waals surface area contributed by atoms with Gasteiger partial charge in [-0.2, -0.15) is 0 Å². The van der Waals surface area contributed by atoms with Crippen LogP contribution in [0.5, 0.6) is 0 Å². The van der Waals surface area contributed by atoms with Crippen LogP contribution < -0.4 is 11.1 Å². The number of anilines is 1. The Kier molecular flexibility index (Phi) is 1.90. The molecule has 0 atom stereocenters. The third kappa shape index (κ3) is 1.25. The monoisotopic (exact) mass is 176 g/mol. The summed E-state index contributed by atoms with van der Waals surface area (Å²) in [6.45, 7) is 0.513. The Morgan fingerprint density at radius 3 is 3.15 bits per heavy atom. The molecule has 2 aromatic rings. The molecular formula is C9H12N4. The zero-order chi connectivity index (χ0) is 9.26. The first-order chi connectivity index (χ1) is 6.35. The van der Waals surface area contributed by atoms with Gasteiger partial charge in [-0.3, -0.25) is 0 Å². The van der Waals surface area contributed by atoms with Crippen LogP contribution in [0, 0.1) is 0 Å². The highest BCUT2D eigenvalue weighted by molar-refractivity contribution is 5.89. The van der Waals surface area contributed by atoms with Crippen molar-refractivity contribution >= 4 is 16.7 Å². The van der Waals surface area contributed by atoms with E-state index < -0.39 is 0 Å². The van der Waals surface area contributed by atoms with Gasteiger partial charge in [0.05, 0.1) is 0 Å². The van der Waals surface area contributed by atoms with Crippen LogP contribution in [0.4, 0.5) is 5.69 Å². The summed E-state index contributed by atoms with van der Waals surface area (Å²) in [7, 11) is 1.89. The van der Waals surface area contributed by atoms with Crippen molar-refractivity contribution in [1.82, 2.24) is 9.97 Å². The second-order valence-corrected chi connectivity index (χ2v) is 2.87. The van der Waals surface area contributed by atoms with E-state index in [-0.39, 0.29) is 0 Å². The van der Waals surface area contributed by atoms with E-state index in [1.54, 1.807) is 6.20 Å². The largest absolute Gasteiger partial charge is 0.387 e. The van der Waals surface area contributed by atoms with Crippen LogP contribution in [0.15, 0.2) is 18.3 Å². The maximum atomic E-state index is 5.53. The predicted molar refractivity (Wildman–Crippen MR) is 53.5 cm³/mol. The first kappa shape index (κ1) is 8.07. The first-order valence-electron chi connectivity index (χ1n) is 4.19. The molecule has 0 aliphatic rings. The summed E-state index contributed by atoms with van der Waals surface area (Å²) in [4.78, 5) is 7.35. The molecule has 2 aromatic heterocycles. The van der Waals surface area contributed by atoms with Crippen LogP contribution in [0.1, 0.15) is 5.69 Å². The van der Waals surface area contributed by atoms with Crippen LogP contribution in [-0.4, -0.2) is 17.0 Å². The van der Waals surface area contributed by atoms with Gasteiger partial charge in [0, 0.05) is 36.6 Å². The molecule has 4 heteroatoms. The van der Waals surface area contributed by atoms with Crippen LogP contribution in [-0.2, 0) is 6.54 Å². The summed E-state index contributed by atoms with van der Waals surface area (Å²) in [6.07, 6.45) is 1.77. The van der Waals surface area contributed by atoms with Crippen molar-refractivity contribution in [3.8, 4) is 0 Å². The standard InChI is InChI=1S/C9H12N4/c1-11-8-2-3-12-9-7(8)4-6(5-10)13-9/h2-4H,5,10H2,1H3,(H2,11,12,13). The Hall–Kier alpha value is -1.55. The minimum atomic E-state index is 0.513. The maximum absolute atomic E-state index is 5.53. The van der Waals surface area contributed by atoms with E-state index in [0.717, 1.165) is 22.4 Å². The van der Waals surface area contributed by atoms with Crippen LogP contribution >= 0.6 is 0 Å². The Labute approximate surface area is 76.2 Å². The fourth-order valence-corrected chi connectivity index (χ4v) is 1.41. The molecule has 0 radical (unpaired) electrons. The van der Waals surface area contributed by atoms with E-state index in [1.165, 1.54) is 0 Å². The average Bonchev–Trinajstić information content (AvgIpc) is 2.59. The van der Waals surface area contributed by atoms with Crippen molar-refractivity contribution in [2.24, 2.45) is 5.73 Å². The SMILES string of the molecule is CNc1ccnc2[nH]c(CN)cc12. The number of aromatic amines is 1. The van der Waals surface area contributed by atoms with E-state index in [4.69, 9.17) is 5.73 Å². The summed E-state index contributed by atoms with van der Waals surface area (Å²) in [5.74, 6) is 0. The van der Waals surface area contributed by atoms with Gasteiger partial charge in [0.1, 0.15) is 5.65 Å². The van der Waals surface area contributed by atoms with Gasteiger partial charge >= 0.3 is 0 Å². The van der Waals surface area contributed by atoms with Gasteiger partial charge in [-0.15, -0.1) is 0 Å². The van der Waals surface area contributed by atoms with Gasteiger partial charge in [0.15, 0.2) is 0 Å². The van der Waals surface area contributed by atoms with Crippen LogP contribution in [0.25, 0.3) is 11.0 Å². The summed E-state index contributed by atoms with van der Waals surface area (Å²) < 4.78 is 0. The first-order valence-corrected chi connectivity index (χ1v) is 4.19. The molecule has 0 bridgehead atoms. The van der Waals surface area contributed by atoms with Gasteiger partial charge in [-0.1, -0.05) is 0 Å². The zero-order valence-corrected chi connectivity index (χ0v) is 7.46. The van der Waals surface area contributed by atoms with Crippen molar-refractivity contribution in [2.75, 3.05) is 12.4 Å². The molecule has 0 saturated carbocycles. The molecule has 2 heterocycles. The highest BCUT2D eigenvalue weighted by atomic mass is 14.9. The Bertz CT molecular complexity index is 418. The minimum Gasteiger partial charge on any atom is -0.387 e. The second kappa shape index (κ2) is 3.06. The Morgan fingerprint density at radius 1 is 1.62 bits per heavy atom. The van der Waals surface area contributed by atoms with Crippen LogP contribution in [0.3, 0.4) is 0 Å². The summed E-state index contributed by atoms with van der Waals surface area (Å²) >= 11 is 0. The van der Waals surface area contributed by atoms with Gasteiger partial charge in [0.25, 0.3) is 0 Å². The Morgan fingerprint density at radius 2 is 2.46 bits per heavy atom. The van der Waals surface area contributed by atoms with Crippen molar-refractivity contribution in [2.45, 2.75) is 6.54 Å².